The molecule has 130 valence electrons. The van der Waals surface area contributed by atoms with Crippen LogP contribution in [0.1, 0.15) is 39.7 Å². The van der Waals surface area contributed by atoms with Crippen molar-refractivity contribution >= 4 is 20.2 Å². The molecule has 0 aliphatic carbocycles. The van der Waals surface area contributed by atoms with Crippen LogP contribution < -0.4 is 5.73 Å². The van der Waals surface area contributed by atoms with Crippen molar-refractivity contribution in [1.82, 2.24) is 0 Å². The molecule has 0 aliphatic rings. The summed E-state index contributed by atoms with van der Waals surface area (Å²) in [5.41, 5.74) is 8.59. The van der Waals surface area contributed by atoms with Crippen LogP contribution in [0, 0.1) is 0 Å². The third kappa shape index (κ3) is 6.82. The van der Waals surface area contributed by atoms with Gasteiger partial charge in [-0.05, 0) is 51.8 Å². The molecule has 0 aromatic heterocycles. The molecule has 5 nitrogen and oxygen atoms in total. The zero-order valence-electron chi connectivity index (χ0n) is 14.8. The Labute approximate surface area is 141 Å². The first-order valence-corrected chi connectivity index (χ1v) is 10.3. The predicted molar refractivity (Wildman–Crippen MR) is 98.0 cm³/mol. The number of rotatable bonds is 11. The zero-order valence-corrected chi connectivity index (χ0v) is 15.8. The van der Waals surface area contributed by atoms with Crippen LogP contribution in [0.3, 0.4) is 0 Å². The van der Waals surface area contributed by atoms with E-state index in [1.165, 1.54) is 0 Å². The lowest BCUT2D eigenvalue weighted by atomic mass is 10.1. The van der Waals surface area contributed by atoms with Gasteiger partial charge in [-0.3, -0.25) is 4.99 Å². The number of hydrogen-bond acceptors (Lipinski definition) is 5. The number of anilines is 1. The summed E-state index contributed by atoms with van der Waals surface area (Å²) in [6.45, 7) is 10.5. The highest BCUT2D eigenvalue weighted by molar-refractivity contribution is 6.60. The zero-order chi connectivity index (χ0) is 17.1. The van der Waals surface area contributed by atoms with E-state index in [1.807, 2.05) is 52.0 Å². The molecule has 0 radical (unpaired) electrons. The van der Waals surface area contributed by atoms with Gasteiger partial charge in [0.2, 0.25) is 0 Å². The topological polar surface area (TPSA) is 66.1 Å². The smallest absolute Gasteiger partial charge is 0.399 e. The van der Waals surface area contributed by atoms with Crippen LogP contribution in [0.5, 0.6) is 0 Å². The van der Waals surface area contributed by atoms with Gasteiger partial charge in [-0.25, -0.2) is 0 Å². The van der Waals surface area contributed by atoms with Crippen molar-refractivity contribution in [3.8, 4) is 0 Å². The minimum atomic E-state index is -2.54. The molecule has 0 unspecified atom stereocenters. The summed E-state index contributed by atoms with van der Waals surface area (Å²) in [7, 11) is -2.54. The van der Waals surface area contributed by atoms with Crippen LogP contribution >= 0.6 is 0 Å². The van der Waals surface area contributed by atoms with Gasteiger partial charge in [0.05, 0.1) is 0 Å². The summed E-state index contributed by atoms with van der Waals surface area (Å²) in [5.74, 6) is 0. The molecule has 1 aromatic rings. The normalized spacial score (nSPS) is 12.6. The number of aliphatic imine (C=N–C) groups is 1. The summed E-state index contributed by atoms with van der Waals surface area (Å²) >= 11 is 0. The summed E-state index contributed by atoms with van der Waals surface area (Å²) in [6, 6.07) is 8.57. The first-order chi connectivity index (χ1) is 11.1. The molecule has 0 saturated carbocycles. The minimum Gasteiger partial charge on any atom is -0.399 e. The molecule has 0 heterocycles. The largest absolute Gasteiger partial charge is 0.500 e. The lowest BCUT2D eigenvalue weighted by Crippen LogP contribution is -2.46. The molecular weight excluding hydrogens is 308 g/mol. The third-order valence-electron chi connectivity index (χ3n) is 3.41. The maximum atomic E-state index is 5.85. The van der Waals surface area contributed by atoms with Crippen molar-refractivity contribution in [3.63, 3.8) is 0 Å². The van der Waals surface area contributed by atoms with E-state index >= 15 is 0 Å². The van der Waals surface area contributed by atoms with Crippen LogP contribution in [0.15, 0.2) is 29.3 Å². The third-order valence-corrected chi connectivity index (χ3v) is 6.56. The molecule has 0 aliphatic heterocycles. The maximum Gasteiger partial charge on any atom is 0.500 e. The summed E-state index contributed by atoms with van der Waals surface area (Å²) < 4.78 is 17.5. The highest BCUT2D eigenvalue weighted by Crippen LogP contribution is 2.18. The number of nitrogens with zero attached hydrogens (tertiary/aromatic N) is 1. The lowest BCUT2D eigenvalue weighted by Gasteiger charge is -2.28. The standard InChI is InChI=1S/C17H30N2O3Si/c1-5-20-23(21-6-2,22-7-3)14-8-13-19-15(4)16-9-11-17(18)12-10-16/h9-12H,5-8,13-14,18H2,1-4H3. The average Bonchev–Trinajstić information content (AvgIpc) is 2.53. The first kappa shape index (κ1) is 19.8. The van der Waals surface area contributed by atoms with E-state index in [0.717, 1.165) is 36.0 Å². The monoisotopic (exact) mass is 338 g/mol. The molecule has 0 fully saturated rings. The second kappa shape index (κ2) is 10.5. The molecule has 0 spiro atoms. The molecule has 0 saturated heterocycles. The predicted octanol–water partition coefficient (Wildman–Crippen LogP) is 3.52. The molecule has 1 rings (SSSR count). The van der Waals surface area contributed by atoms with E-state index in [9.17, 15) is 0 Å². The Morgan fingerprint density at radius 3 is 2.00 bits per heavy atom. The van der Waals surface area contributed by atoms with Gasteiger partial charge in [-0.1, -0.05) is 12.1 Å². The number of benzene rings is 1. The van der Waals surface area contributed by atoms with Gasteiger partial charge in [-0.2, -0.15) is 0 Å². The number of hydrogen-bond donors (Lipinski definition) is 1. The van der Waals surface area contributed by atoms with Gasteiger partial charge in [0.15, 0.2) is 0 Å². The van der Waals surface area contributed by atoms with E-state index in [2.05, 4.69) is 4.99 Å². The SMILES string of the molecule is CCO[Si](CCCN=C(C)c1ccc(N)cc1)(OCC)OCC. The fourth-order valence-electron chi connectivity index (χ4n) is 2.36. The van der Waals surface area contributed by atoms with Crippen LogP contribution in [-0.2, 0) is 13.3 Å². The minimum absolute atomic E-state index is 0.611. The van der Waals surface area contributed by atoms with Gasteiger partial charge >= 0.3 is 8.80 Å². The van der Waals surface area contributed by atoms with Gasteiger partial charge in [0, 0.05) is 43.8 Å². The molecular formula is C17H30N2O3Si. The van der Waals surface area contributed by atoms with E-state index < -0.39 is 8.80 Å². The molecule has 1 aromatic carbocycles. The quantitative estimate of drug-likeness (QED) is 0.290. The van der Waals surface area contributed by atoms with Crippen molar-refractivity contribution in [1.29, 1.82) is 0 Å². The van der Waals surface area contributed by atoms with E-state index in [-0.39, 0.29) is 0 Å². The summed E-state index contributed by atoms with van der Waals surface area (Å²) in [4.78, 5) is 4.64. The Bertz CT molecular complexity index is 460. The van der Waals surface area contributed by atoms with Crippen LogP contribution in [-0.4, -0.2) is 40.9 Å². The van der Waals surface area contributed by atoms with E-state index in [0.29, 0.717) is 19.8 Å². The number of nitrogens with two attached hydrogens (primary N) is 1. The first-order valence-electron chi connectivity index (χ1n) is 8.35. The highest BCUT2D eigenvalue weighted by Gasteiger charge is 2.39. The van der Waals surface area contributed by atoms with Gasteiger partial charge in [0.1, 0.15) is 0 Å². The molecule has 6 heteroatoms. The fourth-order valence-corrected chi connectivity index (χ4v) is 4.95. The second-order valence-electron chi connectivity index (χ2n) is 5.17. The Morgan fingerprint density at radius 2 is 1.52 bits per heavy atom. The van der Waals surface area contributed by atoms with Crippen molar-refractivity contribution in [3.05, 3.63) is 29.8 Å². The molecule has 2 N–H and O–H groups in total. The summed E-state index contributed by atoms with van der Waals surface area (Å²) in [5, 5.41) is 0. The molecule has 0 amide bonds. The molecule has 0 bridgehead atoms. The van der Waals surface area contributed by atoms with Crippen LogP contribution in [0.25, 0.3) is 0 Å². The molecule has 23 heavy (non-hydrogen) atoms. The second-order valence-corrected chi connectivity index (χ2v) is 7.91. The lowest BCUT2D eigenvalue weighted by molar-refractivity contribution is 0.0710. The van der Waals surface area contributed by atoms with Gasteiger partial charge < -0.3 is 19.0 Å². The molecule has 0 atom stereocenters. The van der Waals surface area contributed by atoms with E-state index in [1.54, 1.807) is 0 Å². The highest BCUT2D eigenvalue weighted by atomic mass is 28.4. The Hall–Kier alpha value is -1.21. The van der Waals surface area contributed by atoms with Gasteiger partial charge in [0.25, 0.3) is 0 Å². The van der Waals surface area contributed by atoms with Crippen molar-refractivity contribution in [2.45, 2.75) is 40.2 Å². The van der Waals surface area contributed by atoms with Crippen LogP contribution in [0.2, 0.25) is 6.04 Å². The van der Waals surface area contributed by atoms with Crippen LogP contribution in [0.4, 0.5) is 5.69 Å². The average molecular weight is 339 g/mol. The number of nitrogen functional groups attached to an aromatic ring is 1. The summed E-state index contributed by atoms with van der Waals surface area (Å²) in [6.07, 6.45) is 0.887. The Kier molecular flexibility index (Phi) is 9.09. The van der Waals surface area contributed by atoms with Crippen molar-refractivity contribution < 1.29 is 13.3 Å². The van der Waals surface area contributed by atoms with E-state index in [4.69, 9.17) is 19.0 Å². The van der Waals surface area contributed by atoms with Crippen molar-refractivity contribution in [2.75, 3.05) is 32.1 Å². The maximum absolute atomic E-state index is 5.85. The fraction of sp³-hybridized carbons (Fsp3) is 0.588. The Balaban J connectivity index is 2.57. The van der Waals surface area contributed by atoms with Crippen molar-refractivity contribution in [2.24, 2.45) is 4.99 Å². The Morgan fingerprint density at radius 1 is 1.00 bits per heavy atom. The van der Waals surface area contributed by atoms with Gasteiger partial charge in [-0.15, -0.1) is 0 Å².